The van der Waals surface area contributed by atoms with Crippen molar-refractivity contribution in [1.82, 2.24) is 0 Å². The van der Waals surface area contributed by atoms with E-state index >= 15 is 0 Å². The van der Waals surface area contributed by atoms with E-state index in [1.807, 2.05) is 48.5 Å². The zero-order valence-corrected chi connectivity index (χ0v) is 17.9. The predicted molar refractivity (Wildman–Crippen MR) is 101 cm³/mol. The van der Waals surface area contributed by atoms with Gasteiger partial charge in [0.05, 0.1) is 30.5 Å². The number of thioether (sulfide) groups is 1. The largest absolute Gasteiger partial charge is 1.00 e. The number of rotatable bonds is 8. The topological polar surface area (TPSA) is 69.6 Å². The normalized spacial score (nSPS) is 12.9. The van der Waals surface area contributed by atoms with Crippen LogP contribution in [0.5, 0.6) is 0 Å². The van der Waals surface area contributed by atoms with Gasteiger partial charge >= 0.3 is 29.6 Å². The molecule has 0 heterocycles. The second-order valence-corrected chi connectivity index (χ2v) is 7.13. The van der Waals surface area contributed by atoms with E-state index in [9.17, 15) is 15.0 Å². The number of ether oxygens (including phenoxy) is 1. The van der Waals surface area contributed by atoms with E-state index in [2.05, 4.69) is 24.3 Å². The van der Waals surface area contributed by atoms with Crippen molar-refractivity contribution in [3.63, 3.8) is 0 Å². The molecule has 2 unspecified atom stereocenters. The van der Waals surface area contributed by atoms with E-state index in [1.54, 1.807) is 0 Å². The van der Waals surface area contributed by atoms with Crippen LogP contribution >= 0.6 is 11.8 Å². The first-order valence-electron chi connectivity index (χ1n) is 8.29. The Bertz CT molecular complexity index is 872. The summed E-state index contributed by atoms with van der Waals surface area (Å²) in [6.45, 7) is -0.604. The molecule has 4 nitrogen and oxygen atoms in total. The molecule has 134 valence electrons. The van der Waals surface area contributed by atoms with Gasteiger partial charge in [-0.25, -0.2) is 0 Å². The molecule has 3 aromatic rings. The summed E-state index contributed by atoms with van der Waals surface area (Å²) in [6.07, 6.45) is -0.853. The number of hydrogen-bond acceptors (Lipinski definition) is 5. The van der Waals surface area contributed by atoms with Gasteiger partial charge in [-0.3, -0.25) is 0 Å². The summed E-state index contributed by atoms with van der Waals surface area (Å²) < 4.78 is 5.04. The van der Waals surface area contributed by atoms with E-state index < -0.39 is 18.7 Å². The van der Waals surface area contributed by atoms with Crippen LogP contribution in [0.2, 0.25) is 0 Å². The minimum atomic E-state index is -1.30. The third kappa shape index (κ3) is 6.35. The summed E-state index contributed by atoms with van der Waals surface area (Å²) in [7, 11) is 0. The molecule has 2 atom stereocenters. The minimum Gasteiger partial charge on any atom is -0.548 e. The third-order valence-corrected chi connectivity index (χ3v) is 5.34. The SMILES string of the molecule is O=C([O-])COCC(O)C(Sc1ccc2ccccc2c1)c1ccccc1.[Na+]. The van der Waals surface area contributed by atoms with Gasteiger partial charge in [0.2, 0.25) is 0 Å². The first-order chi connectivity index (χ1) is 12.6. The van der Waals surface area contributed by atoms with Gasteiger partial charge in [0.1, 0.15) is 0 Å². The predicted octanol–water partition coefficient (Wildman–Crippen LogP) is -0.195. The van der Waals surface area contributed by atoms with Crippen molar-refractivity contribution in [2.24, 2.45) is 0 Å². The van der Waals surface area contributed by atoms with E-state index in [4.69, 9.17) is 4.74 Å². The average Bonchev–Trinajstić information content (AvgIpc) is 2.66. The maximum atomic E-state index is 10.6. The van der Waals surface area contributed by atoms with Crippen LogP contribution in [-0.4, -0.2) is 30.4 Å². The van der Waals surface area contributed by atoms with Crippen molar-refractivity contribution in [3.8, 4) is 0 Å². The van der Waals surface area contributed by atoms with E-state index in [0.29, 0.717) is 0 Å². The van der Waals surface area contributed by atoms with Crippen LogP contribution in [0.4, 0.5) is 0 Å². The van der Waals surface area contributed by atoms with Gasteiger partial charge in [-0.05, 0) is 28.5 Å². The van der Waals surface area contributed by atoms with Crippen LogP contribution in [0.25, 0.3) is 10.8 Å². The summed E-state index contributed by atoms with van der Waals surface area (Å²) in [5.74, 6) is -1.30. The molecular formula is C21H19NaO4S. The molecule has 3 rings (SSSR count). The van der Waals surface area contributed by atoms with Gasteiger partial charge in [-0.15, -0.1) is 11.8 Å². The van der Waals surface area contributed by atoms with Crippen LogP contribution < -0.4 is 34.7 Å². The first-order valence-corrected chi connectivity index (χ1v) is 9.17. The number of carbonyl (C=O) groups excluding carboxylic acids is 1. The molecule has 0 fully saturated rings. The number of carboxylic acids is 1. The second-order valence-electron chi connectivity index (χ2n) is 5.91. The molecule has 3 aromatic carbocycles. The molecule has 0 aromatic heterocycles. The van der Waals surface area contributed by atoms with Crippen LogP contribution in [0.15, 0.2) is 77.7 Å². The Morgan fingerprint density at radius 3 is 2.37 bits per heavy atom. The maximum absolute atomic E-state index is 10.6. The van der Waals surface area contributed by atoms with Gasteiger partial charge in [-0.1, -0.05) is 60.7 Å². The minimum absolute atomic E-state index is 0. The Morgan fingerprint density at radius 1 is 1.00 bits per heavy atom. The fourth-order valence-corrected chi connectivity index (χ4v) is 3.91. The Labute approximate surface area is 184 Å². The molecule has 0 aliphatic heterocycles. The van der Waals surface area contributed by atoms with Crippen molar-refractivity contribution in [1.29, 1.82) is 0 Å². The number of carboxylic acid groups (broad SMARTS) is 1. The zero-order valence-electron chi connectivity index (χ0n) is 15.1. The maximum Gasteiger partial charge on any atom is 1.00 e. The molecule has 0 spiro atoms. The van der Waals surface area contributed by atoms with Crippen molar-refractivity contribution < 1.29 is 49.3 Å². The molecule has 0 bridgehead atoms. The van der Waals surface area contributed by atoms with Crippen molar-refractivity contribution >= 4 is 28.5 Å². The van der Waals surface area contributed by atoms with Crippen LogP contribution in [0.1, 0.15) is 10.8 Å². The number of benzene rings is 3. The molecule has 1 N–H and O–H groups in total. The second kappa shape index (κ2) is 10.9. The standard InChI is InChI=1S/C21H20O4S.Na/c22-19(13-25-14-20(23)24)21(16-7-2-1-3-8-16)26-18-11-10-15-6-4-5-9-17(15)12-18;/h1-12,19,21-22H,13-14H2,(H,23,24);/q;+1/p-1. The van der Waals surface area contributed by atoms with Crippen LogP contribution in [0.3, 0.4) is 0 Å². The fourth-order valence-electron chi connectivity index (χ4n) is 2.75. The molecule has 27 heavy (non-hydrogen) atoms. The number of aliphatic hydroxyl groups is 1. The van der Waals surface area contributed by atoms with E-state index in [1.165, 1.54) is 11.8 Å². The molecule has 0 saturated carbocycles. The summed E-state index contributed by atoms with van der Waals surface area (Å²) in [6, 6.07) is 23.9. The Morgan fingerprint density at radius 2 is 1.67 bits per heavy atom. The van der Waals surface area contributed by atoms with Gasteiger partial charge in [0.25, 0.3) is 0 Å². The monoisotopic (exact) mass is 390 g/mol. The van der Waals surface area contributed by atoms with Crippen LogP contribution in [-0.2, 0) is 9.53 Å². The molecule has 0 saturated heterocycles. The molecule has 0 amide bonds. The summed E-state index contributed by atoms with van der Waals surface area (Å²) in [4.78, 5) is 11.5. The molecule has 6 heteroatoms. The number of aliphatic carboxylic acids is 1. The first kappa shape index (κ1) is 22.0. The Kier molecular flexibility index (Phi) is 8.83. The number of aliphatic hydroxyl groups excluding tert-OH is 1. The number of carbonyl (C=O) groups is 1. The van der Waals surface area contributed by atoms with Crippen molar-refractivity contribution in [3.05, 3.63) is 78.4 Å². The zero-order chi connectivity index (χ0) is 18.4. The van der Waals surface area contributed by atoms with Gasteiger partial charge < -0.3 is 19.7 Å². The summed E-state index contributed by atoms with van der Waals surface area (Å²) in [5, 5.41) is 23.1. The summed E-state index contributed by atoms with van der Waals surface area (Å²) >= 11 is 1.53. The Balaban J connectivity index is 0.00000261. The van der Waals surface area contributed by atoms with Crippen LogP contribution in [0, 0.1) is 0 Å². The fraction of sp³-hybridized carbons (Fsp3) is 0.190. The van der Waals surface area contributed by atoms with Crippen molar-refractivity contribution in [2.75, 3.05) is 13.2 Å². The number of hydrogen-bond donors (Lipinski definition) is 1. The summed E-state index contributed by atoms with van der Waals surface area (Å²) in [5.41, 5.74) is 0.954. The average molecular weight is 390 g/mol. The van der Waals surface area contributed by atoms with Gasteiger partial charge in [-0.2, -0.15) is 0 Å². The van der Waals surface area contributed by atoms with E-state index in [-0.39, 0.29) is 41.4 Å². The van der Waals surface area contributed by atoms with E-state index in [0.717, 1.165) is 21.2 Å². The molecule has 0 radical (unpaired) electrons. The molecule has 0 aliphatic rings. The van der Waals surface area contributed by atoms with Crippen molar-refractivity contribution in [2.45, 2.75) is 16.2 Å². The van der Waals surface area contributed by atoms with Gasteiger partial charge in [0.15, 0.2) is 0 Å². The smallest absolute Gasteiger partial charge is 0.548 e. The third-order valence-electron chi connectivity index (χ3n) is 3.97. The van der Waals surface area contributed by atoms with Gasteiger partial charge in [0, 0.05) is 4.90 Å². The Hall–Kier alpha value is -1.34. The molecule has 0 aliphatic carbocycles. The number of fused-ring (bicyclic) bond motifs is 1. The quantitative estimate of drug-likeness (QED) is 0.426. The molecular weight excluding hydrogens is 371 g/mol.